The Morgan fingerprint density at radius 3 is 1.73 bits per heavy atom. The highest BCUT2D eigenvalue weighted by Gasteiger charge is 2.33. The van der Waals surface area contributed by atoms with Gasteiger partial charge < -0.3 is 127 Å². The van der Waals surface area contributed by atoms with Crippen molar-refractivity contribution in [1.82, 2.24) is 47.5 Å². The molecule has 3 aromatic carbocycles. The van der Waals surface area contributed by atoms with E-state index in [2.05, 4.69) is 69.1 Å². The third-order valence-corrected chi connectivity index (χ3v) is 19.8. The molecule has 4 atom stereocenters. The lowest BCUT2D eigenvalue weighted by molar-refractivity contribution is -0.869. The molecule has 17 N–H and O–H groups in total. The number of carbonyl (C=O) groups excluding carboxylic acids is 10. The van der Waals surface area contributed by atoms with E-state index in [9.17, 15) is 47.9 Å². The number of ether oxygens (including phenoxy) is 10. The minimum absolute atomic E-state index is 0.00494. The number of amides is 10. The lowest BCUT2D eigenvalue weighted by Crippen LogP contribution is -2.54. The normalized spacial score (nSPS) is 15.3. The van der Waals surface area contributed by atoms with Gasteiger partial charge in [-0.1, -0.05) is 82.3 Å². The van der Waals surface area contributed by atoms with Crippen LogP contribution < -0.4 is 75.9 Å². The van der Waals surface area contributed by atoms with Crippen LogP contribution in [0.2, 0.25) is 0 Å². The summed E-state index contributed by atoms with van der Waals surface area (Å²) in [5, 5.41) is 23.9. The molecule has 1 heterocycles. The summed E-state index contributed by atoms with van der Waals surface area (Å²) in [6.45, 7) is 17.9. The topological polar surface area (TPSA) is 482 Å². The van der Waals surface area contributed by atoms with Gasteiger partial charge in [-0.2, -0.15) is 0 Å². The molecule has 0 spiro atoms. The van der Waals surface area contributed by atoms with Crippen LogP contribution in [-0.4, -0.2) is 272 Å². The molecule has 0 aromatic heterocycles. The number of carbonyl (C=O) groups is 10. The first kappa shape index (κ1) is 104. The Hall–Kier alpha value is -9.60. The molecule has 0 bridgehead atoms. The van der Waals surface area contributed by atoms with E-state index in [1.54, 1.807) is 61.8 Å². The van der Waals surface area contributed by atoms with Crippen LogP contribution in [0, 0.1) is 11.8 Å². The lowest BCUT2D eigenvalue weighted by Gasteiger charge is -2.35. The van der Waals surface area contributed by atoms with Crippen molar-refractivity contribution in [3.8, 4) is 0 Å². The zero-order valence-corrected chi connectivity index (χ0v) is 73.9. The molecule has 688 valence electrons. The first-order valence-electron chi connectivity index (χ1n) is 43.1. The maximum absolute atomic E-state index is 13.8. The molecule has 123 heavy (non-hydrogen) atoms. The Balaban J connectivity index is 1.01. The van der Waals surface area contributed by atoms with E-state index < -0.39 is 53.9 Å². The predicted molar refractivity (Wildman–Crippen MR) is 466 cm³/mol. The average Bonchev–Trinajstić information content (AvgIpc) is 0.770. The zero-order valence-electron chi connectivity index (χ0n) is 73.9. The third kappa shape index (κ3) is 42.6. The number of anilines is 2. The molecule has 10 amide bonds. The summed E-state index contributed by atoms with van der Waals surface area (Å²) in [6.07, 6.45) is 3.28. The maximum atomic E-state index is 13.8. The number of hydrogen-bond acceptors (Lipinski definition) is 25. The van der Waals surface area contributed by atoms with Gasteiger partial charge in [0.15, 0.2) is 0 Å². The van der Waals surface area contributed by atoms with E-state index in [0.717, 1.165) is 39.0 Å². The van der Waals surface area contributed by atoms with Gasteiger partial charge in [-0.15, -0.1) is 0 Å². The number of hydrogen-bond donors (Lipinski definition) is 13. The number of fused-ring (bicyclic) bond motifs is 2. The zero-order chi connectivity index (χ0) is 89.7. The van der Waals surface area contributed by atoms with Gasteiger partial charge in [0.1, 0.15) is 31.4 Å². The third-order valence-electron chi connectivity index (χ3n) is 19.8. The number of benzene rings is 3. The summed E-state index contributed by atoms with van der Waals surface area (Å²) in [5.74, 6) is 2.44. The second-order valence-electron chi connectivity index (χ2n) is 32.0. The summed E-state index contributed by atoms with van der Waals surface area (Å²) < 4.78 is 57.6. The summed E-state index contributed by atoms with van der Waals surface area (Å²) in [4.78, 5) is 133. The number of nitrogens with one attached hydrogen (secondary N) is 9. The van der Waals surface area contributed by atoms with Crippen LogP contribution in [-0.2, 0) is 104 Å². The van der Waals surface area contributed by atoms with Crippen molar-refractivity contribution in [3.05, 3.63) is 106 Å². The molecular weight excluding hydrogens is 1590 g/mol. The first-order chi connectivity index (χ1) is 59.0. The predicted octanol–water partition coefficient (Wildman–Crippen LogP) is 3.83. The van der Waals surface area contributed by atoms with Gasteiger partial charge in [0, 0.05) is 99.3 Å². The molecule has 0 saturated heterocycles. The molecule has 2 unspecified atom stereocenters. The van der Waals surface area contributed by atoms with Crippen molar-refractivity contribution in [1.29, 1.82) is 0 Å². The second kappa shape index (κ2) is 59.3. The number of nitrogens with two attached hydrogens (primary N) is 4. The Morgan fingerprint density at radius 2 is 1.14 bits per heavy atom. The smallest absolute Gasteiger partial charge is 0.315 e. The minimum atomic E-state index is -1.05. The number of urea groups is 1. The van der Waals surface area contributed by atoms with Crippen LogP contribution in [0.4, 0.5) is 16.2 Å². The summed E-state index contributed by atoms with van der Waals surface area (Å²) >= 11 is 0. The van der Waals surface area contributed by atoms with Gasteiger partial charge in [0.25, 0.3) is 0 Å². The van der Waals surface area contributed by atoms with Crippen LogP contribution in [0.5, 0.6) is 0 Å². The van der Waals surface area contributed by atoms with Crippen molar-refractivity contribution in [3.63, 3.8) is 0 Å². The molecule has 2 aliphatic rings. The van der Waals surface area contributed by atoms with Gasteiger partial charge in [0.2, 0.25) is 47.3 Å². The van der Waals surface area contributed by atoms with Gasteiger partial charge >= 0.3 is 12.0 Å². The number of rotatable bonds is 63. The molecule has 0 saturated carbocycles. The summed E-state index contributed by atoms with van der Waals surface area (Å²) in [5.41, 5.74) is 28.4. The highest BCUT2D eigenvalue weighted by molar-refractivity contribution is 6.02. The molecule has 5 rings (SSSR count). The molecule has 36 heteroatoms. The minimum Gasteiger partial charge on any atom is -0.461 e. The van der Waals surface area contributed by atoms with Gasteiger partial charge in [-0.25, -0.2) is 4.79 Å². The van der Waals surface area contributed by atoms with E-state index in [1.807, 2.05) is 62.4 Å². The molecule has 36 nitrogen and oxygen atoms in total. The summed E-state index contributed by atoms with van der Waals surface area (Å²) in [7, 11) is 6.19. The molecule has 3 aromatic rings. The number of primary amides is 2. The maximum Gasteiger partial charge on any atom is 0.315 e. The SMILES string of the molecule is CC(C)N/C1=C(\N)c2ccccc2N(C(=O)CCC(=O)NCCOCCOCCOCCOCCC(=O)N[C@H](CCCCNC(=O)COC2CCCC(N(CCCCC(=O)Nc3ccc(COC(=O)C(C)C)cc3)C(N)=O)CC(NCCOCCOCCOCCOCCC(=O)NCC[N+](C)(C)C)=C2NN)C(=O)N[C@H](C(N)=O)C(C)C)Cc2ccccc21. The monoisotopic (exact) mass is 1730 g/mol. The van der Waals surface area contributed by atoms with Gasteiger partial charge in [-0.05, 0) is 100 Å². The molecule has 0 fully saturated rings. The number of esters is 1. The van der Waals surface area contributed by atoms with Crippen molar-refractivity contribution < 1.29 is 99.8 Å². The van der Waals surface area contributed by atoms with E-state index in [1.165, 1.54) is 0 Å². The van der Waals surface area contributed by atoms with Crippen LogP contribution in [0.1, 0.15) is 154 Å². The Bertz CT molecular complexity index is 3770. The van der Waals surface area contributed by atoms with E-state index in [0.29, 0.717) is 133 Å². The van der Waals surface area contributed by atoms with Crippen LogP contribution >= 0.6 is 0 Å². The number of quaternary nitrogens is 1. The molecular formula is C87H141N16O20+. The largest absolute Gasteiger partial charge is 0.461 e. The van der Waals surface area contributed by atoms with Gasteiger partial charge in [-0.3, -0.25) is 49.0 Å². The highest BCUT2D eigenvalue weighted by atomic mass is 16.6. The molecule has 0 radical (unpaired) electrons. The quantitative estimate of drug-likeness (QED) is 0.0126. The fourth-order valence-electron chi connectivity index (χ4n) is 13.2. The molecule has 1 aliphatic heterocycles. The van der Waals surface area contributed by atoms with Crippen LogP contribution in [0.3, 0.4) is 0 Å². The van der Waals surface area contributed by atoms with Gasteiger partial charge in [0.05, 0.1) is 175 Å². The average molecular weight is 1730 g/mol. The van der Waals surface area contributed by atoms with Crippen molar-refractivity contribution in [2.24, 2.45) is 34.9 Å². The number of unbranched alkanes of at least 4 members (excludes halogenated alkanes) is 2. The van der Waals surface area contributed by atoms with E-state index in [-0.39, 0.29) is 191 Å². The van der Waals surface area contributed by atoms with Crippen molar-refractivity contribution >= 4 is 82.0 Å². The number of nitrogens with zero attached hydrogens (tertiary/aromatic N) is 3. The van der Waals surface area contributed by atoms with E-state index in [4.69, 9.17) is 70.4 Å². The fourth-order valence-corrected chi connectivity index (χ4v) is 13.2. The molecule has 1 aliphatic carbocycles. The van der Waals surface area contributed by atoms with Crippen LogP contribution in [0.25, 0.3) is 11.4 Å². The Morgan fingerprint density at radius 1 is 0.569 bits per heavy atom. The van der Waals surface area contributed by atoms with Crippen LogP contribution in [0.15, 0.2) is 84.2 Å². The Labute approximate surface area is 725 Å². The van der Waals surface area contributed by atoms with Crippen molar-refractivity contribution in [2.45, 2.75) is 175 Å². The first-order valence-corrected chi connectivity index (χ1v) is 43.1. The highest BCUT2D eigenvalue weighted by Crippen LogP contribution is 2.36. The van der Waals surface area contributed by atoms with E-state index >= 15 is 0 Å². The number of likely N-dealkylation sites (N-methyl/N-ethyl adjacent to an activating group) is 1. The fraction of sp³-hybridized carbons (Fsp3) is 0.632. The van der Waals surface area contributed by atoms with Crippen molar-refractivity contribution in [2.75, 3.05) is 183 Å². The lowest BCUT2D eigenvalue weighted by atomic mass is 9.94. The summed E-state index contributed by atoms with van der Waals surface area (Å²) in [6, 6.07) is 19.5. The number of para-hydroxylation sites is 1. The second-order valence-corrected chi connectivity index (χ2v) is 32.0. The standard InChI is InChI=1S/C87H140N16O20/c1-61(2)81(84(89)110)99-85(111)70(98-77(107)34-42-115-46-50-119-54-56-121-52-48-117-44-38-95-74(104)31-32-79(109)102-58-65-19-10-11-21-68(65)82(96-63(5)6)80(88)69-22-12-13-24-72(69)102)23-14-16-35-93-78(108)60-122-73-25-18-20-67(101(87(90)113)39-17-15-26-76(106)97-66-29-27-64(28-30-66)59-123-86(112)62(3)4)57-71(83(73)100-91)92-37-43-116-47-51-120-55-53-118-49-45-114-41-33-75(105)94-36-40-103(7,8)9/h10-13,19,21-22,24,27-30,61-63,67,70,73,81,92,96,100H,14-18,20,23,25-26,31-60,88,91H2,1-9H3,(H9-,89,90,93,94,95,97,98,99,104,105,106,107,108,110,111,113)/p+1/b82-80-,83-71?/t67?,70-,73?,81+/m1/s1. The number of hydrazine groups is 1. The Kier molecular flexibility index (Phi) is 50.1.